The summed E-state index contributed by atoms with van der Waals surface area (Å²) in [4.78, 5) is 35.5. The molecule has 0 N–H and O–H groups in total. The monoisotopic (exact) mass is 388 g/mol. The Morgan fingerprint density at radius 1 is 1.04 bits per heavy atom. The zero-order chi connectivity index (χ0) is 18.6. The van der Waals surface area contributed by atoms with Crippen molar-refractivity contribution in [2.24, 2.45) is 0 Å². The highest BCUT2D eigenvalue weighted by atomic mass is 32.1. The Kier molecular flexibility index (Phi) is 5.54. The average Bonchev–Trinajstić information content (AvgIpc) is 3.40. The lowest BCUT2D eigenvalue weighted by atomic mass is 10.1. The van der Waals surface area contributed by atoms with Gasteiger partial charge in [-0.25, -0.2) is 4.98 Å². The van der Waals surface area contributed by atoms with Gasteiger partial charge in [-0.2, -0.15) is 0 Å². The fourth-order valence-electron chi connectivity index (χ4n) is 3.59. The lowest BCUT2D eigenvalue weighted by molar-refractivity contribution is -0.133. The summed E-state index contributed by atoms with van der Waals surface area (Å²) in [5, 5.41) is 2.50. The van der Waals surface area contributed by atoms with Crippen LogP contribution in [0.4, 0.5) is 0 Å². The maximum Gasteiger partial charge on any atom is 0.273 e. The van der Waals surface area contributed by atoms with Crippen molar-refractivity contribution < 1.29 is 14.0 Å². The molecule has 0 saturated carbocycles. The molecule has 2 fully saturated rings. The van der Waals surface area contributed by atoms with Gasteiger partial charge in [0.2, 0.25) is 5.91 Å². The summed E-state index contributed by atoms with van der Waals surface area (Å²) in [6.07, 6.45) is 5.05. The molecule has 2 aliphatic heterocycles. The van der Waals surface area contributed by atoms with Gasteiger partial charge in [0.05, 0.1) is 12.8 Å². The van der Waals surface area contributed by atoms with Gasteiger partial charge >= 0.3 is 0 Å². The quantitative estimate of drug-likeness (QED) is 0.803. The molecule has 2 aromatic heterocycles. The summed E-state index contributed by atoms with van der Waals surface area (Å²) in [7, 11) is 0. The summed E-state index contributed by atoms with van der Waals surface area (Å²) < 4.78 is 5.34. The number of furan rings is 1. The van der Waals surface area contributed by atoms with Gasteiger partial charge in [-0.1, -0.05) is 0 Å². The fraction of sp³-hybridized carbons (Fsp3) is 0.526. The number of hydrogen-bond donors (Lipinski definition) is 0. The number of piperidine rings is 1. The van der Waals surface area contributed by atoms with Crippen LogP contribution >= 0.6 is 11.3 Å². The number of piperazine rings is 1. The molecule has 0 spiro atoms. The second kappa shape index (κ2) is 8.22. The Balaban J connectivity index is 1.28. The van der Waals surface area contributed by atoms with E-state index in [4.69, 9.17) is 4.42 Å². The lowest BCUT2D eigenvalue weighted by Crippen LogP contribution is -2.52. The molecule has 0 aromatic carbocycles. The number of carbonyl (C=O) groups is 2. The molecule has 2 aromatic rings. The second-order valence-corrected chi connectivity index (χ2v) is 7.88. The van der Waals surface area contributed by atoms with E-state index >= 15 is 0 Å². The molecule has 0 atom stereocenters. The van der Waals surface area contributed by atoms with Gasteiger partial charge in [-0.05, 0) is 31.4 Å². The van der Waals surface area contributed by atoms with Gasteiger partial charge in [-0.15, -0.1) is 11.3 Å². The smallest absolute Gasteiger partial charge is 0.273 e. The van der Waals surface area contributed by atoms with Gasteiger partial charge in [0.15, 0.2) is 10.8 Å². The van der Waals surface area contributed by atoms with Crippen molar-refractivity contribution in [1.29, 1.82) is 0 Å². The highest BCUT2D eigenvalue weighted by molar-refractivity contribution is 7.13. The van der Waals surface area contributed by atoms with Crippen LogP contribution in [0.5, 0.6) is 0 Å². The van der Waals surface area contributed by atoms with Gasteiger partial charge in [-0.3, -0.25) is 14.5 Å². The van der Waals surface area contributed by atoms with Crippen LogP contribution in [0.3, 0.4) is 0 Å². The number of amides is 2. The van der Waals surface area contributed by atoms with Gasteiger partial charge in [0.25, 0.3) is 5.91 Å². The molecule has 2 aliphatic rings. The predicted molar refractivity (Wildman–Crippen MR) is 103 cm³/mol. The Labute approximate surface area is 162 Å². The van der Waals surface area contributed by atoms with Crippen molar-refractivity contribution in [2.45, 2.75) is 19.3 Å². The molecule has 0 unspecified atom stereocenters. The van der Waals surface area contributed by atoms with E-state index in [9.17, 15) is 9.59 Å². The first-order valence-electron chi connectivity index (χ1n) is 9.49. The summed E-state index contributed by atoms with van der Waals surface area (Å²) >= 11 is 1.41. The van der Waals surface area contributed by atoms with Crippen molar-refractivity contribution >= 4 is 23.2 Å². The Bertz CT molecular complexity index is 775. The van der Waals surface area contributed by atoms with Crippen LogP contribution in [-0.2, 0) is 4.79 Å². The van der Waals surface area contributed by atoms with E-state index in [1.165, 1.54) is 17.8 Å². The molecule has 27 heavy (non-hydrogen) atoms. The maximum absolute atomic E-state index is 12.7. The van der Waals surface area contributed by atoms with E-state index in [1.54, 1.807) is 11.6 Å². The number of rotatable bonds is 4. The molecule has 0 bridgehead atoms. The third kappa shape index (κ3) is 4.22. The molecular weight excluding hydrogens is 364 g/mol. The van der Waals surface area contributed by atoms with Crippen LogP contribution in [0.2, 0.25) is 0 Å². The number of thiazole rings is 1. The lowest BCUT2D eigenvalue weighted by Gasteiger charge is -2.35. The van der Waals surface area contributed by atoms with Crippen molar-refractivity contribution in [2.75, 3.05) is 45.8 Å². The number of nitrogens with zero attached hydrogens (tertiary/aromatic N) is 4. The van der Waals surface area contributed by atoms with Crippen molar-refractivity contribution in [3.8, 4) is 10.8 Å². The minimum atomic E-state index is -0.0499. The highest BCUT2D eigenvalue weighted by Crippen LogP contribution is 2.24. The Morgan fingerprint density at radius 2 is 1.81 bits per heavy atom. The molecule has 2 saturated heterocycles. The molecule has 0 radical (unpaired) electrons. The summed E-state index contributed by atoms with van der Waals surface area (Å²) in [6, 6.07) is 3.65. The van der Waals surface area contributed by atoms with Crippen LogP contribution in [0, 0.1) is 0 Å². The van der Waals surface area contributed by atoms with Crippen LogP contribution in [-0.4, -0.2) is 77.3 Å². The molecule has 4 rings (SSSR count). The first-order chi connectivity index (χ1) is 13.2. The largest absolute Gasteiger partial charge is 0.462 e. The van der Waals surface area contributed by atoms with Crippen molar-refractivity contribution in [1.82, 2.24) is 19.7 Å². The van der Waals surface area contributed by atoms with Gasteiger partial charge in [0.1, 0.15) is 5.69 Å². The van der Waals surface area contributed by atoms with Crippen molar-refractivity contribution in [3.63, 3.8) is 0 Å². The average molecular weight is 388 g/mol. The van der Waals surface area contributed by atoms with Crippen molar-refractivity contribution in [3.05, 3.63) is 29.5 Å². The van der Waals surface area contributed by atoms with Gasteiger partial charge < -0.3 is 14.2 Å². The number of likely N-dealkylation sites (tertiary alicyclic amines) is 1. The van der Waals surface area contributed by atoms with Crippen LogP contribution in [0.25, 0.3) is 10.8 Å². The fourth-order valence-corrected chi connectivity index (χ4v) is 4.35. The summed E-state index contributed by atoms with van der Waals surface area (Å²) in [5.41, 5.74) is 0.462. The van der Waals surface area contributed by atoms with Crippen LogP contribution in [0.1, 0.15) is 29.8 Å². The minimum Gasteiger partial charge on any atom is -0.462 e. The number of carbonyl (C=O) groups excluding carboxylic acids is 2. The topological polar surface area (TPSA) is 69.9 Å². The maximum atomic E-state index is 12.7. The van der Waals surface area contributed by atoms with E-state index in [-0.39, 0.29) is 11.8 Å². The Morgan fingerprint density at radius 3 is 2.52 bits per heavy atom. The zero-order valence-corrected chi connectivity index (χ0v) is 16.1. The van der Waals surface area contributed by atoms with E-state index in [1.807, 2.05) is 21.9 Å². The SMILES string of the molecule is O=C(CN1CCN(C(=O)c2csc(-c3ccco3)n2)CC1)N1CCCCC1. The first kappa shape index (κ1) is 18.2. The molecule has 7 nitrogen and oxygen atoms in total. The minimum absolute atomic E-state index is 0.0499. The third-order valence-corrected chi connectivity index (χ3v) is 6.04. The standard InChI is InChI=1S/C19H24N4O3S/c24-17(22-6-2-1-3-7-22)13-21-8-10-23(11-9-21)19(25)15-14-27-18(20-15)16-5-4-12-26-16/h4-5,12,14H,1-3,6-11,13H2. The first-order valence-corrected chi connectivity index (χ1v) is 10.4. The molecule has 4 heterocycles. The highest BCUT2D eigenvalue weighted by Gasteiger charge is 2.26. The Hall–Kier alpha value is -2.19. The zero-order valence-electron chi connectivity index (χ0n) is 15.3. The van der Waals surface area contributed by atoms with Crippen LogP contribution < -0.4 is 0 Å². The van der Waals surface area contributed by atoms with E-state index < -0.39 is 0 Å². The number of hydrogen-bond acceptors (Lipinski definition) is 6. The van der Waals surface area contributed by atoms with E-state index in [2.05, 4.69) is 9.88 Å². The third-order valence-electron chi connectivity index (χ3n) is 5.18. The van der Waals surface area contributed by atoms with Gasteiger partial charge in [0, 0.05) is 44.6 Å². The summed E-state index contributed by atoms with van der Waals surface area (Å²) in [5.74, 6) is 0.850. The molecule has 8 heteroatoms. The summed E-state index contributed by atoms with van der Waals surface area (Å²) in [6.45, 7) is 4.93. The predicted octanol–water partition coefficient (Wildman–Crippen LogP) is 2.17. The molecule has 2 amide bonds. The molecule has 0 aliphatic carbocycles. The van der Waals surface area contributed by atoms with Crippen LogP contribution in [0.15, 0.2) is 28.2 Å². The molecular formula is C19H24N4O3S. The second-order valence-electron chi connectivity index (χ2n) is 7.02. The normalized spacial score (nSPS) is 18.7. The van der Waals surface area contributed by atoms with E-state index in [0.29, 0.717) is 36.1 Å². The van der Waals surface area contributed by atoms with E-state index in [0.717, 1.165) is 39.0 Å². The molecule has 144 valence electrons. The number of aromatic nitrogens is 1.